The van der Waals surface area contributed by atoms with Crippen LogP contribution in [0.4, 0.5) is 0 Å². The maximum absolute atomic E-state index is 12.6. The standard InChI is InChI=1S/C18H16N4O2/c23-18(15-6-2-3-7-16(15)22-10-9-20-21-22)19-12-14-11-13-5-1-4-8-17(13)24-14/h1-10,14H,11-12H2,(H,19,23)/t14-/m1/s1. The Hall–Kier alpha value is -3.15. The minimum Gasteiger partial charge on any atom is -0.488 e. The van der Waals surface area contributed by atoms with E-state index >= 15 is 0 Å². The van der Waals surface area contributed by atoms with Gasteiger partial charge in [0, 0.05) is 6.42 Å². The van der Waals surface area contributed by atoms with Crippen LogP contribution >= 0.6 is 0 Å². The summed E-state index contributed by atoms with van der Waals surface area (Å²) in [4.78, 5) is 12.6. The van der Waals surface area contributed by atoms with Gasteiger partial charge in [-0.15, -0.1) is 5.10 Å². The second-order valence-electron chi connectivity index (χ2n) is 5.63. The lowest BCUT2D eigenvalue weighted by molar-refractivity contribution is 0.0933. The van der Waals surface area contributed by atoms with Crippen molar-refractivity contribution in [3.8, 4) is 11.4 Å². The van der Waals surface area contributed by atoms with Gasteiger partial charge in [0.1, 0.15) is 11.9 Å². The lowest BCUT2D eigenvalue weighted by Gasteiger charge is -2.13. The summed E-state index contributed by atoms with van der Waals surface area (Å²) in [5, 5.41) is 10.7. The summed E-state index contributed by atoms with van der Waals surface area (Å²) in [5.41, 5.74) is 2.43. The molecule has 0 radical (unpaired) electrons. The number of nitrogens with zero attached hydrogens (tertiary/aromatic N) is 3. The predicted molar refractivity (Wildman–Crippen MR) is 88.3 cm³/mol. The van der Waals surface area contributed by atoms with Crippen LogP contribution in [-0.2, 0) is 6.42 Å². The Bertz CT molecular complexity index is 836. The third-order valence-corrected chi connectivity index (χ3v) is 4.02. The molecule has 120 valence electrons. The average Bonchev–Trinajstić information content (AvgIpc) is 3.28. The van der Waals surface area contributed by atoms with Crippen molar-refractivity contribution < 1.29 is 9.53 Å². The van der Waals surface area contributed by atoms with E-state index in [4.69, 9.17) is 4.74 Å². The van der Waals surface area contributed by atoms with Crippen molar-refractivity contribution in [2.75, 3.05) is 6.54 Å². The van der Waals surface area contributed by atoms with Crippen LogP contribution in [0.1, 0.15) is 15.9 Å². The summed E-state index contributed by atoms with van der Waals surface area (Å²) >= 11 is 0. The highest BCUT2D eigenvalue weighted by atomic mass is 16.5. The highest BCUT2D eigenvalue weighted by Gasteiger charge is 2.23. The van der Waals surface area contributed by atoms with Gasteiger partial charge in [-0.25, -0.2) is 4.68 Å². The minimum absolute atomic E-state index is 0.0371. The number of carbonyl (C=O) groups excluding carboxylic acids is 1. The van der Waals surface area contributed by atoms with Crippen molar-refractivity contribution in [3.63, 3.8) is 0 Å². The fourth-order valence-corrected chi connectivity index (χ4v) is 2.87. The summed E-state index contributed by atoms with van der Waals surface area (Å²) in [5.74, 6) is 0.750. The summed E-state index contributed by atoms with van der Waals surface area (Å²) in [6, 6.07) is 15.3. The molecule has 4 rings (SSSR count). The van der Waals surface area contributed by atoms with E-state index in [0.29, 0.717) is 17.8 Å². The molecule has 0 bridgehead atoms. The normalized spacial score (nSPS) is 15.6. The Kier molecular flexibility index (Phi) is 3.70. The summed E-state index contributed by atoms with van der Waals surface area (Å²) < 4.78 is 7.43. The zero-order valence-corrected chi connectivity index (χ0v) is 12.9. The Balaban J connectivity index is 1.45. The molecule has 1 aliphatic heterocycles. The number of para-hydroxylation sites is 2. The van der Waals surface area contributed by atoms with E-state index in [1.165, 1.54) is 5.56 Å². The lowest BCUT2D eigenvalue weighted by Crippen LogP contribution is -2.34. The molecule has 3 aromatic rings. The summed E-state index contributed by atoms with van der Waals surface area (Å²) in [6.45, 7) is 0.458. The average molecular weight is 320 g/mol. The topological polar surface area (TPSA) is 69.0 Å². The Morgan fingerprint density at radius 1 is 1.21 bits per heavy atom. The van der Waals surface area contributed by atoms with E-state index in [1.54, 1.807) is 23.1 Å². The van der Waals surface area contributed by atoms with Gasteiger partial charge in [-0.1, -0.05) is 35.5 Å². The number of nitrogens with one attached hydrogen (secondary N) is 1. The summed E-state index contributed by atoms with van der Waals surface area (Å²) in [7, 11) is 0. The molecule has 6 nitrogen and oxygen atoms in total. The molecule has 2 aromatic carbocycles. The van der Waals surface area contributed by atoms with Crippen LogP contribution < -0.4 is 10.1 Å². The maximum Gasteiger partial charge on any atom is 0.253 e. The number of hydrogen-bond donors (Lipinski definition) is 1. The fraction of sp³-hybridized carbons (Fsp3) is 0.167. The predicted octanol–water partition coefficient (Wildman–Crippen LogP) is 2.00. The third kappa shape index (κ3) is 2.74. The molecule has 0 saturated carbocycles. The first-order chi connectivity index (χ1) is 11.8. The van der Waals surface area contributed by atoms with Crippen LogP contribution in [0.25, 0.3) is 5.69 Å². The van der Waals surface area contributed by atoms with E-state index in [2.05, 4.69) is 21.7 Å². The number of rotatable bonds is 4. The molecule has 1 aliphatic rings. The molecule has 0 aliphatic carbocycles. The second-order valence-corrected chi connectivity index (χ2v) is 5.63. The minimum atomic E-state index is -0.152. The Labute approximate surface area is 139 Å². The van der Waals surface area contributed by atoms with Crippen molar-refractivity contribution >= 4 is 5.91 Å². The molecule has 6 heteroatoms. The molecule has 24 heavy (non-hydrogen) atoms. The number of benzene rings is 2. The molecule has 2 heterocycles. The summed E-state index contributed by atoms with van der Waals surface area (Å²) in [6.07, 6.45) is 4.06. The SMILES string of the molecule is O=C(NC[C@H]1Cc2ccccc2O1)c1ccccc1-n1ccnn1. The van der Waals surface area contributed by atoms with Crippen LogP contribution in [-0.4, -0.2) is 33.5 Å². The Morgan fingerprint density at radius 2 is 2.04 bits per heavy atom. The molecule has 1 amide bonds. The van der Waals surface area contributed by atoms with E-state index < -0.39 is 0 Å². The highest BCUT2D eigenvalue weighted by molar-refractivity contribution is 5.97. The van der Waals surface area contributed by atoms with Crippen molar-refractivity contribution in [1.29, 1.82) is 0 Å². The van der Waals surface area contributed by atoms with Crippen LogP contribution in [0.5, 0.6) is 5.75 Å². The fourth-order valence-electron chi connectivity index (χ4n) is 2.87. The quantitative estimate of drug-likeness (QED) is 0.798. The van der Waals surface area contributed by atoms with Gasteiger partial charge in [-0.3, -0.25) is 4.79 Å². The van der Waals surface area contributed by atoms with Gasteiger partial charge in [0.25, 0.3) is 5.91 Å². The van der Waals surface area contributed by atoms with E-state index in [-0.39, 0.29) is 12.0 Å². The number of aromatic nitrogens is 3. The molecule has 1 aromatic heterocycles. The van der Waals surface area contributed by atoms with Gasteiger partial charge < -0.3 is 10.1 Å². The first kappa shape index (κ1) is 14.4. The number of hydrogen-bond acceptors (Lipinski definition) is 4. The number of fused-ring (bicyclic) bond motifs is 1. The lowest BCUT2D eigenvalue weighted by atomic mass is 10.1. The van der Waals surface area contributed by atoms with Crippen molar-refractivity contribution in [3.05, 3.63) is 72.1 Å². The molecule has 0 fully saturated rings. The van der Waals surface area contributed by atoms with Gasteiger partial charge in [0.05, 0.1) is 30.2 Å². The van der Waals surface area contributed by atoms with E-state index in [1.807, 2.05) is 36.4 Å². The van der Waals surface area contributed by atoms with Crippen molar-refractivity contribution in [1.82, 2.24) is 20.3 Å². The van der Waals surface area contributed by atoms with E-state index in [9.17, 15) is 4.79 Å². The molecular formula is C18H16N4O2. The molecule has 0 spiro atoms. The van der Waals surface area contributed by atoms with Gasteiger partial charge in [-0.05, 0) is 23.8 Å². The van der Waals surface area contributed by atoms with Gasteiger partial charge in [-0.2, -0.15) is 0 Å². The van der Waals surface area contributed by atoms with E-state index in [0.717, 1.165) is 12.2 Å². The monoisotopic (exact) mass is 320 g/mol. The number of carbonyl (C=O) groups is 1. The maximum atomic E-state index is 12.6. The smallest absolute Gasteiger partial charge is 0.253 e. The molecule has 1 atom stereocenters. The highest BCUT2D eigenvalue weighted by Crippen LogP contribution is 2.27. The van der Waals surface area contributed by atoms with Gasteiger partial charge in [0.2, 0.25) is 0 Å². The first-order valence-corrected chi connectivity index (χ1v) is 7.80. The van der Waals surface area contributed by atoms with Crippen LogP contribution in [0, 0.1) is 0 Å². The van der Waals surface area contributed by atoms with Crippen LogP contribution in [0.3, 0.4) is 0 Å². The van der Waals surface area contributed by atoms with Crippen molar-refractivity contribution in [2.24, 2.45) is 0 Å². The molecule has 0 unspecified atom stereocenters. The molecule has 0 saturated heterocycles. The largest absolute Gasteiger partial charge is 0.488 e. The first-order valence-electron chi connectivity index (χ1n) is 7.80. The Morgan fingerprint density at radius 3 is 2.88 bits per heavy atom. The second kappa shape index (κ2) is 6.16. The van der Waals surface area contributed by atoms with Crippen LogP contribution in [0.2, 0.25) is 0 Å². The number of ether oxygens (including phenoxy) is 1. The van der Waals surface area contributed by atoms with Crippen molar-refractivity contribution in [2.45, 2.75) is 12.5 Å². The number of amides is 1. The third-order valence-electron chi connectivity index (χ3n) is 4.02. The zero-order chi connectivity index (χ0) is 16.4. The van der Waals surface area contributed by atoms with Crippen LogP contribution in [0.15, 0.2) is 60.9 Å². The molecule has 1 N–H and O–H groups in total. The molecular weight excluding hydrogens is 304 g/mol. The van der Waals surface area contributed by atoms with Gasteiger partial charge >= 0.3 is 0 Å². The zero-order valence-electron chi connectivity index (χ0n) is 12.9. The van der Waals surface area contributed by atoms with Gasteiger partial charge in [0.15, 0.2) is 0 Å².